The average Bonchev–Trinajstić information content (AvgIpc) is 2.50. The number of benzene rings is 1. The van der Waals surface area contributed by atoms with Gasteiger partial charge in [0, 0.05) is 19.2 Å². The predicted octanol–water partition coefficient (Wildman–Crippen LogP) is 1.04. The topological polar surface area (TPSA) is 114 Å². The van der Waals surface area contributed by atoms with E-state index in [-0.39, 0.29) is 11.5 Å². The van der Waals surface area contributed by atoms with Gasteiger partial charge in [0.1, 0.15) is 0 Å². The van der Waals surface area contributed by atoms with E-state index in [1.807, 2.05) is 12.2 Å². The highest BCUT2D eigenvalue weighted by Gasteiger charge is 2.12. The Bertz CT molecular complexity index is 583. The number of imide groups is 1. The summed E-state index contributed by atoms with van der Waals surface area (Å²) in [6.07, 6.45) is 0.741. The molecule has 0 unspecified atom stereocenters. The van der Waals surface area contributed by atoms with Crippen LogP contribution < -0.4 is 16.0 Å². The molecular formula is C15H19N3O5. The van der Waals surface area contributed by atoms with Crippen molar-refractivity contribution in [2.45, 2.75) is 20.3 Å². The lowest BCUT2D eigenvalue weighted by atomic mass is 10.2. The van der Waals surface area contributed by atoms with Gasteiger partial charge in [-0.1, -0.05) is 6.92 Å². The van der Waals surface area contributed by atoms with Crippen LogP contribution in [0.2, 0.25) is 0 Å². The number of amides is 4. The van der Waals surface area contributed by atoms with E-state index in [0.29, 0.717) is 12.2 Å². The first-order valence-electron chi connectivity index (χ1n) is 7.04. The van der Waals surface area contributed by atoms with Crippen LogP contribution in [0.15, 0.2) is 24.3 Å². The lowest BCUT2D eigenvalue weighted by Crippen LogP contribution is -2.41. The standard InChI is InChI=1S/C15H19N3O5/c1-3-8-16-15(22)18-13(20)9-23-14(21)11-4-6-12(7-5-11)17-10(2)19/h4-7H,3,8-9H2,1-2H3,(H,17,19)(H2,16,18,20,22). The molecule has 0 atom stereocenters. The number of urea groups is 1. The van der Waals surface area contributed by atoms with Gasteiger partial charge in [-0.3, -0.25) is 14.9 Å². The SMILES string of the molecule is CCCNC(=O)NC(=O)COC(=O)c1ccc(NC(C)=O)cc1. The summed E-state index contributed by atoms with van der Waals surface area (Å²) < 4.78 is 4.80. The third-order valence-electron chi connectivity index (χ3n) is 2.56. The molecule has 0 radical (unpaired) electrons. The minimum Gasteiger partial charge on any atom is -0.452 e. The van der Waals surface area contributed by atoms with Crippen LogP contribution in [0.4, 0.5) is 10.5 Å². The highest BCUT2D eigenvalue weighted by atomic mass is 16.5. The minimum absolute atomic E-state index is 0.224. The van der Waals surface area contributed by atoms with Crippen LogP contribution in [0.5, 0.6) is 0 Å². The Balaban J connectivity index is 2.42. The second-order valence-electron chi connectivity index (χ2n) is 4.64. The first kappa shape index (κ1) is 18.1. The molecule has 4 amide bonds. The lowest BCUT2D eigenvalue weighted by Gasteiger charge is -2.07. The van der Waals surface area contributed by atoms with Gasteiger partial charge in [0.2, 0.25) is 5.91 Å². The van der Waals surface area contributed by atoms with Gasteiger partial charge in [-0.2, -0.15) is 0 Å². The summed E-state index contributed by atoms with van der Waals surface area (Å²) in [5.41, 5.74) is 0.765. The van der Waals surface area contributed by atoms with Gasteiger partial charge < -0.3 is 15.4 Å². The van der Waals surface area contributed by atoms with Crippen LogP contribution in [-0.4, -0.2) is 37.0 Å². The van der Waals surface area contributed by atoms with E-state index in [1.54, 1.807) is 0 Å². The van der Waals surface area contributed by atoms with Crippen molar-refractivity contribution < 1.29 is 23.9 Å². The van der Waals surface area contributed by atoms with Gasteiger partial charge in [-0.05, 0) is 30.7 Å². The molecule has 0 bridgehead atoms. The van der Waals surface area contributed by atoms with E-state index in [9.17, 15) is 19.2 Å². The Morgan fingerprint density at radius 1 is 1.09 bits per heavy atom. The summed E-state index contributed by atoms with van der Waals surface area (Å²) in [6, 6.07) is 5.36. The van der Waals surface area contributed by atoms with E-state index in [0.717, 1.165) is 6.42 Å². The Labute approximate surface area is 133 Å². The van der Waals surface area contributed by atoms with Gasteiger partial charge in [0.15, 0.2) is 6.61 Å². The summed E-state index contributed by atoms with van der Waals surface area (Å²) in [6.45, 7) is 3.13. The maximum atomic E-state index is 11.8. The van der Waals surface area contributed by atoms with Crippen LogP contribution in [-0.2, 0) is 14.3 Å². The Kier molecular flexibility index (Phi) is 7.25. The number of rotatable bonds is 6. The first-order chi connectivity index (χ1) is 10.9. The molecule has 0 spiro atoms. The van der Waals surface area contributed by atoms with Gasteiger partial charge in [0.25, 0.3) is 5.91 Å². The van der Waals surface area contributed by atoms with Gasteiger partial charge >= 0.3 is 12.0 Å². The molecule has 1 aromatic carbocycles. The molecule has 0 aliphatic carbocycles. The molecular weight excluding hydrogens is 302 g/mol. The van der Waals surface area contributed by atoms with E-state index >= 15 is 0 Å². The van der Waals surface area contributed by atoms with Crippen molar-refractivity contribution in [3.05, 3.63) is 29.8 Å². The van der Waals surface area contributed by atoms with Crippen LogP contribution in [0.3, 0.4) is 0 Å². The zero-order valence-corrected chi connectivity index (χ0v) is 13.0. The third kappa shape index (κ3) is 7.07. The zero-order valence-electron chi connectivity index (χ0n) is 13.0. The molecule has 8 nitrogen and oxygen atoms in total. The normalized spacial score (nSPS) is 9.65. The summed E-state index contributed by atoms with van der Waals surface area (Å²) in [4.78, 5) is 45.3. The fourth-order valence-electron chi connectivity index (χ4n) is 1.55. The highest BCUT2D eigenvalue weighted by Crippen LogP contribution is 2.10. The van der Waals surface area contributed by atoms with Crippen molar-refractivity contribution in [2.24, 2.45) is 0 Å². The molecule has 124 valence electrons. The Morgan fingerprint density at radius 3 is 2.30 bits per heavy atom. The summed E-state index contributed by atoms with van der Waals surface area (Å²) in [5, 5.41) is 7.06. The van der Waals surface area contributed by atoms with Crippen LogP contribution in [0, 0.1) is 0 Å². The number of ether oxygens (including phenoxy) is 1. The van der Waals surface area contributed by atoms with Crippen molar-refractivity contribution in [3.8, 4) is 0 Å². The second-order valence-corrected chi connectivity index (χ2v) is 4.64. The van der Waals surface area contributed by atoms with E-state index < -0.39 is 24.5 Å². The van der Waals surface area contributed by atoms with Crippen molar-refractivity contribution in [1.29, 1.82) is 0 Å². The van der Waals surface area contributed by atoms with Crippen molar-refractivity contribution in [2.75, 3.05) is 18.5 Å². The van der Waals surface area contributed by atoms with Crippen molar-refractivity contribution in [1.82, 2.24) is 10.6 Å². The van der Waals surface area contributed by atoms with Crippen LogP contribution in [0.25, 0.3) is 0 Å². The molecule has 0 aliphatic heterocycles. The summed E-state index contributed by atoms with van der Waals surface area (Å²) in [5.74, 6) is -1.65. The fraction of sp³-hybridized carbons (Fsp3) is 0.333. The first-order valence-corrected chi connectivity index (χ1v) is 7.04. The number of anilines is 1. The van der Waals surface area contributed by atoms with Crippen LogP contribution in [0.1, 0.15) is 30.6 Å². The summed E-state index contributed by atoms with van der Waals surface area (Å²) in [7, 11) is 0. The highest BCUT2D eigenvalue weighted by molar-refractivity contribution is 5.97. The number of nitrogens with one attached hydrogen (secondary N) is 3. The fourth-order valence-corrected chi connectivity index (χ4v) is 1.55. The third-order valence-corrected chi connectivity index (χ3v) is 2.56. The quantitative estimate of drug-likeness (QED) is 0.677. The molecule has 0 heterocycles. The molecule has 3 N–H and O–H groups in total. The Hall–Kier alpha value is -2.90. The molecule has 0 saturated heterocycles. The number of hydrogen-bond acceptors (Lipinski definition) is 5. The zero-order chi connectivity index (χ0) is 17.2. The minimum atomic E-state index is -0.721. The predicted molar refractivity (Wildman–Crippen MR) is 82.9 cm³/mol. The molecule has 1 aromatic rings. The van der Waals surface area contributed by atoms with Gasteiger partial charge in [0.05, 0.1) is 5.56 Å². The van der Waals surface area contributed by atoms with E-state index in [4.69, 9.17) is 4.74 Å². The maximum Gasteiger partial charge on any atom is 0.338 e. The number of hydrogen-bond donors (Lipinski definition) is 3. The number of carbonyl (C=O) groups excluding carboxylic acids is 4. The smallest absolute Gasteiger partial charge is 0.338 e. The monoisotopic (exact) mass is 321 g/mol. The van der Waals surface area contributed by atoms with Crippen molar-refractivity contribution >= 4 is 29.5 Å². The summed E-state index contributed by atoms with van der Waals surface area (Å²) >= 11 is 0. The van der Waals surface area contributed by atoms with E-state index in [1.165, 1.54) is 31.2 Å². The van der Waals surface area contributed by atoms with Gasteiger partial charge in [-0.25, -0.2) is 9.59 Å². The molecule has 0 aliphatic rings. The molecule has 8 heteroatoms. The second kappa shape index (κ2) is 9.19. The Morgan fingerprint density at radius 2 is 1.74 bits per heavy atom. The number of carbonyl (C=O) groups is 4. The molecule has 23 heavy (non-hydrogen) atoms. The molecule has 1 rings (SSSR count). The lowest BCUT2D eigenvalue weighted by molar-refractivity contribution is -0.123. The largest absolute Gasteiger partial charge is 0.452 e. The molecule has 0 aromatic heterocycles. The molecule has 0 saturated carbocycles. The van der Waals surface area contributed by atoms with Crippen molar-refractivity contribution in [3.63, 3.8) is 0 Å². The van der Waals surface area contributed by atoms with Gasteiger partial charge in [-0.15, -0.1) is 0 Å². The number of esters is 1. The van der Waals surface area contributed by atoms with E-state index in [2.05, 4.69) is 10.6 Å². The molecule has 0 fully saturated rings. The maximum absolute atomic E-state index is 11.8. The van der Waals surface area contributed by atoms with Crippen LogP contribution >= 0.6 is 0 Å². The average molecular weight is 321 g/mol.